The minimum Gasteiger partial charge on any atom is -0.149 e. The van der Waals surface area contributed by atoms with E-state index >= 15 is 0 Å². The highest BCUT2D eigenvalue weighted by Gasteiger charge is 1.86. The zero-order chi connectivity index (χ0) is 6.85. The lowest BCUT2D eigenvalue weighted by Gasteiger charge is -1.90. The second-order valence-electron chi connectivity index (χ2n) is 2.04. The fourth-order valence-corrected chi connectivity index (χ4v) is 1.63. The van der Waals surface area contributed by atoms with Crippen LogP contribution in [0.1, 0.15) is 10.4 Å². The van der Waals surface area contributed by atoms with Gasteiger partial charge in [-0.1, -0.05) is 12.2 Å². The molecular formula is C7H8S2. The molecule has 0 saturated carbocycles. The Morgan fingerprint density at radius 2 is 2.11 bits per heavy atom. The Labute approximate surface area is 64.2 Å². The van der Waals surface area contributed by atoms with Crippen LogP contribution < -0.4 is 0 Å². The van der Waals surface area contributed by atoms with Crippen LogP contribution >= 0.6 is 23.6 Å². The van der Waals surface area contributed by atoms with Crippen LogP contribution in [0, 0.1) is 18.4 Å². The average molecular weight is 156 g/mol. The Morgan fingerprint density at radius 3 is 2.56 bits per heavy atom. The number of hydrogen-bond donors (Lipinski definition) is 0. The molecule has 1 rings (SSSR count). The molecule has 0 N–H and O–H groups in total. The molecule has 1 heterocycles. The third kappa shape index (κ3) is 1.60. The highest BCUT2D eigenvalue weighted by Crippen LogP contribution is 2.10. The van der Waals surface area contributed by atoms with Crippen molar-refractivity contribution < 1.29 is 0 Å². The molecule has 0 bridgehead atoms. The molecule has 1 aromatic heterocycles. The zero-order valence-corrected chi connectivity index (χ0v) is 7.10. The maximum absolute atomic E-state index is 5.05. The van der Waals surface area contributed by atoms with Crippen LogP contribution in [0.15, 0.2) is 11.4 Å². The highest BCUT2D eigenvalue weighted by atomic mass is 32.1. The van der Waals surface area contributed by atoms with Crippen LogP contribution in [0.5, 0.6) is 0 Å². The fraction of sp³-hybridized carbons (Fsp3) is 0.286. The molecule has 1 aromatic rings. The molecule has 0 spiro atoms. The number of rotatable bonds is 0. The van der Waals surface area contributed by atoms with Crippen LogP contribution in [0.25, 0.3) is 0 Å². The number of aryl methyl sites for hydroxylation is 2. The molecule has 0 aliphatic heterocycles. The van der Waals surface area contributed by atoms with Crippen molar-refractivity contribution >= 4 is 23.6 Å². The Hall–Kier alpha value is -0.210. The summed E-state index contributed by atoms with van der Waals surface area (Å²) in [6, 6.07) is 2.04. The fourth-order valence-electron chi connectivity index (χ4n) is 0.572. The van der Waals surface area contributed by atoms with Crippen molar-refractivity contribution in [2.45, 2.75) is 13.8 Å². The topological polar surface area (TPSA) is 0 Å². The molecule has 0 atom stereocenters. The molecule has 9 heavy (non-hydrogen) atoms. The quantitative estimate of drug-likeness (QED) is 0.520. The van der Waals surface area contributed by atoms with Crippen molar-refractivity contribution in [1.82, 2.24) is 0 Å². The van der Waals surface area contributed by atoms with E-state index < -0.39 is 0 Å². The van der Waals surface area contributed by atoms with Gasteiger partial charge in [0.25, 0.3) is 0 Å². The van der Waals surface area contributed by atoms with E-state index in [1.165, 1.54) is 10.4 Å². The highest BCUT2D eigenvalue weighted by molar-refractivity contribution is 7.71. The Kier molecular flexibility index (Phi) is 1.98. The first-order chi connectivity index (χ1) is 4.20. The van der Waals surface area contributed by atoms with Crippen molar-refractivity contribution in [2.24, 2.45) is 0 Å². The number of hydrogen-bond acceptors (Lipinski definition) is 2. The summed E-state index contributed by atoms with van der Waals surface area (Å²) in [5.41, 5.74) is 1.21. The van der Waals surface area contributed by atoms with Gasteiger partial charge in [-0.15, -0.1) is 11.3 Å². The average Bonchev–Trinajstić information content (AvgIpc) is 1.80. The maximum Gasteiger partial charge on any atom is 0.0424 e. The van der Waals surface area contributed by atoms with E-state index in [0.717, 1.165) is 4.51 Å². The summed E-state index contributed by atoms with van der Waals surface area (Å²) >= 11 is 6.79. The summed E-state index contributed by atoms with van der Waals surface area (Å²) in [6.07, 6.45) is 0. The van der Waals surface area contributed by atoms with Crippen LogP contribution in [-0.2, 0) is 0 Å². The van der Waals surface area contributed by atoms with E-state index in [9.17, 15) is 0 Å². The maximum atomic E-state index is 5.05. The molecular weight excluding hydrogens is 148 g/mol. The molecule has 0 radical (unpaired) electrons. The summed E-state index contributed by atoms with van der Waals surface area (Å²) in [4.78, 5) is 1.28. The first-order valence-corrected chi connectivity index (χ1v) is 4.05. The van der Waals surface area contributed by atoms with Crippen LogP contribution in [-0.4, -0.2) is 0 Å². The molecule has 0 saturated heterocycles. The van der Waals surface area contributed by atoms with E-state index in [4.69, 9.17) is 12.2 Å². The lowest BCUT2D eigenvalue weighted by molar-refractivity contribution is 1.47. The summed E-state index contributed by atoms with van der Waals surface area (Å²) in [5.74, 6) is 0. The molecule has 0 aliphatic rings. The molecule has 0 aromatic carbocycles. The largest absolute Gasteiger partial charge is 0.149 e. The van der Waals surface area contributed by atoms with Crippen LogP contribution in [0.3, 0.4) is 0 Å². The minimum atomic E-state index is 0.978. The predicted molar refractivity (Wildman–Crippen MR) is 44.6 cm³/mol. The van der Waals surface area contributed by atoms with Crippen molar-refractivity contribution in [3.8, 4) is 0 Å². The van der Waals surface area contributed by atoms with E-state index in [1.54, 1.807) is 11.3 Å². The Balaban J connectivity index is 3.34. The summed E-state index contributed by atoms with van der Waals surface area (Å²) < 4.78 is 0.978. The molecule has 2 heteroatoms. The second-order valence-corrected chi connectivity index (χ2v) is 3.59. The lowest BCUT2D eigenvalue weighted by atomic mass is 10.3. The van der Waals surface area contributed by atoms with Gasteiger partial charge in [-0.3, -0.25) is 0 Å². The van der Waals surface area contributed by atoms with E-state index in [0.29, 0.717) is 0 Å². The van der Waals surface area contributed by atoms with Gasteiger partial charge >= 0.3 is 0 Å². The molecule has 0 nitrogen and oxygen atoms in total. The molecule has 0 amide bonds. The summed E-state index contributed by atoms with van der Waals surface area (Å²) in [6.45, 7) is 4.11. The van der Waals surface area contributed by atoms with E-state index in [-0.39, 0.29) is 0 Å². The van der Waals surface area contributed by atoms with Gasteiger partial charge in [0.05, 0.1) is 0 Å². The van der Waals surface area contributed by atoms with Gasteiger partial charge in [-0.25, -0.2) is 0 Å². The SMILES string of the molecule is Cc1cc(=S)c(C)cs1. The van der Waals surface area contributed by atoms with Gasteiger partial charge in [0.1, 0.15) is 0 Å². The summed E-state index contributed by atoms with van der Waals surface area (Å²) in [7, 11) is 0. The van der Waals surface area contributed by atoms with Crippen molar-refractivity contribution in [3.05, 3.63) is 26.4 Å². The van der Waals surface area contributed by atoms with Gasteiger partial charge in [-0.05, 0) is 30.9 Å². The van der Waals surface area contributed by atoms with Gasteiger partial charge in [-0.2, -0.15) is 0 Å². The van der Waals surface area contributed by atoms with Crippen LogP contribution in [0.4, 0.5) is 0 Å². The van der Waals surface area contributed by atoms with E-state index in [2.05, 4.69) is 12.3 Å². The van der Waals surface area contributed by atoms with Crippen LogP contribution in [0.2, 0.25) is 0 Å². The minimum absolute atomic E-state index is 0.978. The van der Waals surface area contributed by atoms with Gasteiger partial charge in [0, 0.05) is 9.39 Å². The van der Waals surface area contributed by atoms with Gasteiger partial charge in [0.15, 0.2) is 0 Å². The Morgan fingerprint density at radius 1 is 1.44 bits per heavy atom. The Bertz CT molecular complexity index is 260. The van der Waals surface area contributed by atoms with Crippen molar-refractivity contribution in [3.63, 3.8) is 0 Å². The monoisotopic (exact) mass is 156 g/mol. The second kappa shape index (κ2) is 2.58. The first kappa shape index (κ1) is 6.90. The summed E-state index contributed by atoms with van der Waals surface area (Å²) in [5, 5.41) is 2.09. The first-order valence-electron chi connectivity index (χ1n) is 2.76. The predicted octanol–water partition coefficient (Wildman–Crippen LogP) is 3.09. The zero-order valence-electron chi connectivity index (χ0n) is 5.47. The van der Waals surface area contributed by atoms with E-state index in [1.807, 2.05) is 13.0 Å². The van der Waals surface area contributed by atoms with Crippen molar-refractivity contribution in [1.29, 1.82) is 0 Å². The molecule has 0 fully saturated rings. The van der Waals surface area contributed by atoms with Gasteiger partial charge < -0.3 is 0 Å². The normalized spacial score (nSPS) is 9.56. The molecule has 48 valence electrons. The molecule has 0 aliphatic carbocycles. The third-order valence-electron chi connectivity index (χ3n) is 1.14. The molecule has 0 unspecified atom stereocenters. The van der Waals surface area contributed by atoms with Gasteiger partial charge in [0.2, 0.25) is 0 Å². The lowest BCUT2D eigenvalue weighted by Crippen LogP contribution is -1.70. The third-order valence-corrected chi connectivity index (χ3v) is 2.55. The smallest absolute Gasteiger partial charge is 0.0424 e. The van der Waals surface area contributed by atoms with Crippen molar-refractivity contribution in [2.75, 3.05) is 0 Å². The standard InChI is InChI=1S/C7H8S2/c1-5-4-9-6(2)3-7(5)8/h3-4H,1-2H3.